The number of carbonyl (C=O) groups excluding carboxylic acids is 1. The highest BCUT2D eigenvalue weighted by molar-refractivity contribution is 9.09. The van der Waals surface area contributed by atoms with Gasteiger partial charge in [0.1, 0.15) is 0 Å². The molecule has 0 radical (unpaired) electrons. The van der Waals surface area contributed by atoms with Gasteiger partial charge in [-0.1, -0.05) is 29.3 Å². The van der Waals surface area contributed by atoms with Gasteiger partial charge < -0.3 is 4.90 Å². The summed E-state index contributed by atoms with van der Waals surface area (Å²) in [5.74, 6) is 0.321. The molecular weight excluding hydrogens is 242 g/mol. The molecule has 0 aliphatic heterocycles. The molecule has 0 heterocycles. The van der Waals surface area contributed by atoms with Crippen LogP contribution in [0.4, 0.5) is 0 Å². The lowest BCUT2D eigenvalue weighted by molar-refractivity contribution is -0.131. The van der Waals surface area contributed by atoms with Gasteiger partial charge in [0.05, 0.1) is 0 Å². The highest BCUT2D eigenvalue weighted by Crippen LogP contribution is 2.04. The quantitative estimate of drug-likeness (QED) is 0.487. The molecule has 3 heteroatoms. The summed E-state index contributed by atoms with van der Waals surface area (Å²) >= 11 is 3.37. The molecule has 0 fully saturated rings. The van der Waals surface area contributed by atoms with Crippen molar-refractivity contribution >= 4 is 21.8 Å². The Morgan fingerprint density at radius 1 is 1.21 bits per heavy atom. The summed E-state index contributed by atoms with van der Waals surface area (Å²) < 4.78 is 0. The Kier molecular flexibility index (Phi) is 9.47. The van der Waals surface area contributed by atoms with Crippen LogP contribution in [0.1, 0.15) is 46.0 Å². The van der Waals surface area contributed by atoms with E-state index in [-0.39, 0.29) is 0 Å². The van der Waals surface area contributed by atoms with E-state index < -0.39 is 0 Å². The summed E-state index contributed by atoms with van der Waals surface area (Å²) in [4.78, 5) is 13.6. The van der Waals surface area contributed by atoms with Crippen LogP contribution in [0.25, 0.3) is 0 Å². The average Bonchev–Trinajstić information content (AvgIpc) is 2.19. The maximum Gasteiger partial charge on any atom is 0.222 e. The molecule has 0 aromatic heterocycles. The van der Waals surface area contributed by atoms with Gasteiger partial charge in [-0.15, -0.1) is 0 Å². The van der Waals surface area contributed by atoms with Crippen LogP contribution >= 0.6 is 15.9 Å². The number of nitrogens with zero attached hydrogens (tertiary/aromatic N) is 1. The molecule has 0 aromatic carbocycles. The van der Waals surface area contributed by atoms with Crippen LogP contribution < -0.4 is 0 Å². The predicted octanol–water partition coefficient (Wildman–Crippen LogP) is 3.20. The van der Waals surface area contributed by atoms with E-state index in [0.717, 1.165) is 44.1 Å². The van der Waals surface area contributed by atoms with Crippen molar-refractivity contribution < 1.29 is 4.79 Å². The van der Waals surface area contributed by atoms with Crippen molar-refractivity contribution in [3.63, 3.8) is 0 Å². The second kappa shape index (κ2) is 9.50. The molecule has 0 atom stereocenters. The minimum Gasteiger partial charge on any atom is -0.343 e. The molecule has 0 saturated carbocycles. The van der Waals surface area contributed by atoms with E-state index in [1.807, 2.05) is 4.90 Å². The Morgan fingerprint density at radius 2 is 1.93 bits per heavy atom. The van der Waals surface area contributed by atoms with Crippen molar-refractivity contribution in [1.29, 1.82) is 0 Å². The SMILES string of the molecule is CCCCN(CC)C(=O)CCCCBr. The van der Waals surface area contributed by atoms with Crippen molar-refractivity contribution in [2.45, 2.75) is 46.0 Å². The van der Waals surface area contributed by atoms with Gasteiger partial charge in [0.25, 0.3) is 0 Å². The smallest absolute Gasteiger partial charge is 0.222 e. The van der Waals surface area contributed by atoms with E-state index in [2.05, 4.69) is 29.8 Å². The monoisotopic (exact) mass is 263 g/mol. The van der Waals surface area contributed by atoms with E-state index >= 15 is 0 Å². The maximum atomic E-state index is 11.7. The van der Waals surface area contributed by atoms with Crippen molar-refractivity contribution in [1.82, 2.24) is 4.90 Å². The Labute approximate surface area is 96.2 Å². The predicted molar refractivity (Wildman–Crippen MR) is 64.8 cm³/mol. The van der Waals surface area contributed by atoms with E-state index in [9.17, 15) is 4.79 Å². The third-order valence-electron chi connectivity index (χ3n) is 2.29. The average molecular weight is 264 g/mol. The van der Waals surface area contributed by atoms with Gasteiger partial charge in [-0.2, -0.15) is 0 Å². The highest BCUT2D eigenvalue weighted by Gasteiger charge is 2.09. The minimum absolute atomic E-state index is 0.321. The Bertz CT molecular complexity index is 150. The molecule has 0 rings (SSSR count). The van der Waals surface area contributed by atoms with E-state index in [1.165, 1.54) is 0 Å². The normalized spacial score (nSPS) is 10.2. The minimum atomic E-state index is 0.321. The van der Waals surface area contributed by atoms with Gasteiger partial charge >= 0.3 is 0 Å². The summed E-state index contributed by atoms with van der Waals surface area (Å²) in [5.41, 5.74) is 0. The molecule has 0 bridgehead atoms. The fourth-order valence-corrected chi connectivity index (χ4v) is 1.73. The maximum absolute atomic E-state index is 11.7. The Balaban J connectivity index is 3.67. The molecule has 84 valence electrons. The van der Waals surface area contributed by atoms with Gasteiger partial charge in [0.15, 0.2) is 0 Å². The fraction of sp³-hybridized carbons (Fsp3) is 0.909. The van der Waals surface area contributed by atoms with Gasteiger partial charge in [0, 0.05) is 24.8 Å². The largest absolute Gasteiger partial charge is 0.343 e. The Hall–Kier alpha value is -0.0500. The lowest BCUT2D eigenvalue weighted by Gasteiger charge is -2.20. The van der Waals surface area contributed by atoms with Gasteiger partial charge in [-0.05, 0) is 26.2 Å². The molecule has 0 aromatic rings. The van der Waals surface area contributed by atoms with E-state index in [0.29, 0.717) is 12.3 Å². The molecule has 0 N–H and O–H groups in total. The van der Waals surface area contributed by atoms with Crippen LogP contribution in [-0.2, 0) is 4.79 Å². The van der Waals surface area contributed by atoms with E-state index in [1.54, 1.807) is 0 Å². The van der Waals surface area contributed by atoms with E-state index in [4.69, 9.17) is 0 Å². The summed E-state index contributed by atoms with van der Waals surface area (Å²) in [6.07, 6.45) is 5.09. The molecule has 0 saturated heterocycles. The number of hydrogen-bond acceptors (Lipinski definition) is 1. The fourth-order valence-electron chi connectivity index (χ4n) is 1.34. The first kappa shape index (κ1) is 13.9. The molecule has 0 spiro atoms. The van der Waals surface area contributed by atoms with Crippen LogP contribution in [0.5, 0.6) is 0 Å². The van der Waals surface area contributed by atoms with Gasteiger partial charge in [0.2, 0.25) is 5.91 Å². The zero-order valence-corrected chi connectivity index (χ0v) is 11.0. The van der Waals surface area contributed by atoms with Crippen molar-refractivity contribution in [2.75, 3.05) is 18.4 Å². The number of rotatable bonds is 8. The van der Waals surface area contributed by atoms with Crippen molar-refractivity contribution in [2.24, 2.45) is 0 Å². The van der Waals surface area contributed by atoms with Crippen LogP contribution in [-0.4, -0.2) is 29.2 Å². The first-order valence-electron chi connectivity index (χ1n) is 5.60. The van der Waals surface area contributed by atoms with Crippen LogP contribution in [0.2, 0.25) is 0 Å². The molecule has 1 amide bonds. The zero-order valence-electron chi connectivity index (χ0n) is 9.39. The van der Waals surface area contributed by atoms with Crippen LogP contribution in [0, 0.1) is 0 Å². The summed E-state index contributed by atoms with van der Waals surface area (Å²) in [6, 6.07) is 0. The Morgan fingerprint density at radius 3 is 2.43 bits per heavy atom. The lowest BCUT2D eigenvalue weighted by atomic mass is 10.2. The molecule has 14 heavy (non-hydrogen) atoms. The second-order valence-corrected chi connectivity index (χ2v) is 4.27. The first-order valence-corrected chi connectivity index (χ1v) is 6.72. The summed E-state index contributed by atoms with van der Waals surface area (Å²) in [5, 5.41) is 1.00. The zero-order chi connectivity index (χ0) is 10.8. The summed E-state index contributed by atoms with van der Waals surface area (Å²) in [6.45, 7) is 5.99. The van der Waals surface area contributed by atoms with Crippen molar-refractivity contribution in [3.05, 3.63) is 0 Å². The number of amides is 1. The molecule has 0 unspecified atom stereocenters. The molecule has 0 aliphatic rings. The molecular formula is C11H22BrNO. The third kappa shape index (κ3) is 6.41. The topological polar surface area (TPSA) is 20.3 Å². The summed E-state index contributed by atoms with van der Waals surface area (Å²) in [7, 11) is 0. The number of halogens is 1. The number of alkyl halides is 1. The molecule has 0 aliphatic carbocycles. The van der Waals surface area contributed by atoms with Crippen LogP contribution in [0.3, 0.4) is 0 Å². The number of unbranched alkanes of at least 4 members (excludes halogenated alkanes) is 2. The third-order valence-corrected chi connectivity index (χ3v) is 2.85. The number of hydrogen-bond donors (Lipinski definition) is 0. The standard InChI is InChI=1S/C11H22BrNO/c1-3-5-10-13(4-2)11(14)8-6-7-9-12/h3-10H2,1-2H3. The molecule has 2 nitrogen and oxygen atoms in total. The highest BCUT2D eigenvalue weighted by atomic mass is 79.9. The van der Waals surface area contributed by atoms with Gasteiger partial charge in [-0.25, -0.2) is 0 Å². The number of carbonyl (C=O) groups is 1. The first-order chi connectivity index (χ1) is 6.76. The van der Waals surface area contributed by atoms with Gasteiger partial charge in [-0.3, -0.25) is 4.79 Å². The second-order valence-electron chi connectivity index (χ2n) is 3.47. The lowest BCUT2D eigenvalue weighted by Crippen LogP contribution is -2.31. The van der Waals surface area contributed by atoms with Crippen molar-refractivity contribution in [3.8, 4) is 0 Å². The van der Waals surface area contributed by atoms with Crippen LogP contribution in [0.15, 0.2) is 0 Å².